The molecule has 39 heavy (non-hydrogen) atoms. The molecule has 1 aliphatic rings. The SMILES string of the molecule is COc1ccccc1-c1c[nH]c2ncc(-c3cccc(C(C(=O)N(C)CCN(C)C)N4CCNCC4)c3)cc12. The minimum atomic E-state index is -0.327. The Kier molecular flexibility index (Phi) is 8.26. The summed E-state index contributed by atoms with van der Waals surface area (Å²) in [6.45, 7) is 4.94. The van der Waals surface area contributed by atoms with Gasteiger partial charge in [0.05, 0.1) is 7.11 Å². The number of hydrogen-bond donors (Lipinski definition) is 2. The van der Waals surface area contributed by atoms with E-state index in [9.17, 15) is 4.79 Å². The van der Waals surface area contributed by atoms with Crippen molar-refractivity contribution in [2.75, 3.05) is 67.5 Å². The summed E-state index contributed by atoms with van der Waals surface area (Å²) in [7, 11) is 7.67. The number of para-hydroxylation sites is 1. The molecular formula is C31H38N6O2. The first kappa shape index (κ1) is 26.9. The first-order valence-corrected chi connectivity index (χ1v) is 13.5. The average Bonchev–Trinajstić information content (AvgIpc) is 3.40. The molecule has 2 aromatic carbocycles. The zero-order chi connectivity index (χ0) is 27.4. The van der Waals surface area contributed by atoms with Gasteiger partial charge in [-0.15, -0.1) is 0 Å². The summed E-state index contributed by atoms with van der Waals surface area (Å²) in [5.74, 6) is 0.954. The van der Waals surface area contributed by atoms with E-state index in [2.05, 4.69) is 56.5 Å². The molecule has 1 atom stereocenters. The number of nitrogens with one attached hydrogen (secondary N) is 2. The van der Waals surface area contributed by atoms with E-state index >= 15 is 0 Å². The first-order chi connectivity index (χ1) is 19.0. The van der Waals surface area contributed by atoms with Gasteiger partial charge in [-0.25, -0.2) is 4.98 Å². The number of fused-ring (bicyclic) bond motifs is 1. The number of aromatic nitrogens is 2. The molecule has 1 fully saturated rings. The summed E-state index contributed by atoms with van der Waals surface area (Å²) >= 11 is 0. The summed E-state index contributed by atoms with van der Waals surface area (Å²) in [4.78, 5) is 28.1. The molecule has 5 rings (SSSR count). The van der Waals surface area contributed by atoms with E-state index in [-0.39, 0.29) is 11.9 Å². The maximum atomic E-state index is 13.8. The molecule has 0 bridgehead atoms. The van der Waals surface area contributed by atoms with E-state index in [1.54, 1.807) is 7.11 Å². The molecule has 0 aliphatic carbocycles. The molecule has 0 radical (unpaired) electrons. The average molecular weight is 527 g/mol. The van der Waals surface area contributed by atoms with Crippen molar-refractivity contribution in [3.05, 3.63) is 72.6 Å². The molecule has 204 valence electrons. The number of methoxy groups -OCH3 is 1. The number of amides is 1. The van der Waals surface area contributed by atoms with Gasteiger partial charge in [0.2, 0.25) is 5.91 Å². The molecule has 3 heterocycles. The third-order valence-electron chi connectivity index (χ3n) is 7.47. The van der Waals surface area contributed by atoms with Gasteiger partial charge in [-0.2, -0.15) is 0 Å². The molecule has 1 unspecified atom stereocenters. The summed E-state index contributed by atoms with van der Waals surface area (Å²) < 4.78 is 5.62. The predicted octanol–water partition coefficient (Wildman–Crippen LogP) is 3.87. The number of nitrogens with zero attached hydrogens (tertiary/aromatic N) is 4. The zero-order valence-electron chi connectivity index (χ0n) is 23.3. The summed E-state index contributed by atoms with van der Waals surface area (Å²) in [6, 6.07) is 18.2. The Morgan fingerprint density at radius 2 is 1.79 bits per heavy atom. The van der Waals surface area contributed by atoms with E-state index < -0.39 is 0 Å². The minimum absolute atomic E-state index is 0.133. The monoisotopic (exact) mass is 526 g/mol. The number of H-pyrrole nitrogens is 1. The van der Waals surface area contributed by atoms with Crippen LogP contribution in [-0.4, -0.2) is 98.1 Å². The van der Waals surface area contributed by atoms with Gasteiger partial charge in [-0.1, -0.05) is 36.4 Å². The summed E-state index contributed by atoms with van der Waals surface area (Å²) in [5, 5.41) is 4.44. The Balaban J connectivity index is 1.51. The topological polar surface area (TPSA) is 76.7 Å². The van der Waals surface area contributed by atoms with Crippen LogP contribution < -0.4 is 10.1 Å². The van der Waals surface area contributed by atoms with Gasteiger partial charge in [-0.05, 0) is 43.4 Å². The van der Waals surface area contributed by atoms with Gasteiger partial charge in [0, 0.05) is 80.8 Å². The Morgan fingerprint density at radius 1 is 1.00 bits per heavy atom. The van der Waals surface area contributed by atoms with Crippen molar-refractivity contribution in [2.45, 2.75) is 6.04 Å². The smallest absolute Gasteiger partial charge is 0.244 e. The highest BCUT2D eigenvalue weighted by atomic mass is 16.5. The molecule has 0 saturated carbocycles. The summed E-state index contributed by atoms with van der Waals surface area (Å²) in [5.41, 5.74) is 5.95. The highest BCUT2D eigenvalue weighted by molar-refractivity contribution is 5.97. The van der Waals surface area contributed by atoms with E-state index in [4.69, 9.17) is 9.72 Å². The van der Waals surface area contributed by atoms with Crippen molar-refractivity contribution in [3.8, 4) is 28.0 Å². The largest absolute Gasteiger partial charge is 0.496 e. The molecular weight excluding hydrogens is 488 g/mol. The number of ether oxygens (including phenoxy) is 1. The minimum Gasteiger partial charge on any atom is -0.496 e. The normalized spacial score (nSPS) is 15.0. The lowest BCUT2D eigenvalue weighted by Gasteiger charge is -2.36. The standard InChI is InChI=1S/C31H38N6O2/c1-35(2)16-17-36(3)31(38)29(37-14-12-32-13-15-37)23-9-7-8-22(18-23)24-19-26-27(21-34-30(26)33-20-24)25-10-5-6-11-28(25)39-4/h5-11,18-21,29,32H,12-17H2,1-4H3,(H,33,34). The van der Waals surface area contributed by atoms with Gasteiger partial charge < -0.3 is 24.8 Å². The number of aromatic amines is 1. The maximum absolute atomic E-state index is 13.8. The molecule has 8 nitrogen and oxygen atoms in total. The first-order valence-electron chi connectivity index (χ1n) is 13.5. The van der Waals surface area contributed by atoms with Gasteiger partial charge >= 0.3 is 0 Å². The van der Waals surface area contributed by atoms with Crippen LogP contribution in [0.15, 0.2) is 67.0 Å². The fourth-order valence-corrected chi connectivity index (χ4v) is 5.26. The highest BCUT2D eigenvalue weighted by Gasteiger charge is 2.31. The molecule has 8 heteroatoms. The molecule has 1 aliphatic heterocycles. The number of benzene rings is 2. The lowest BCUT2D eigenvalue weighted by molar-refractivity contribution is -0.136. The van der Waals surface area contributed by atoms with Crippen LogP contribution >= 0.6 is 0 Å². The van der Waals surface area contributed by atoms with Crippen molar-refractivity contribution in [2.24, 2.45) is 0 Å². The third-order valence-corrected chi connectivity index (χ3v) is 7.47. The second-order valence-corrected chi connectivity index (χ2v) is 10.4. The van der Waals surface area contributed by atoms with Crippen molar-refractivity contribution in [1.82, 2.24) is 30.0 Å². The Hall–Kier alpha value is -3.72. The van der Waals surface area contributed by atoms with E-state index in [0.29, 0.717) is 6.54 Å². The van der Waals surface area contributed by atoms with Crippen LogP contribution in [0.3, 0.4) is 0 Å². The van der Waals surface area contributed by atoms with E-state index in [0.717, 1.165) is 77.3 Å². The molecule has 2 aromatic heterocycles. The van der Waals surface area contributed by atoms with Gasteiger partial charge in [0.25, 0.3) is 0 Å². The lowest BCUT2D eigenvalue weighted by atomic mass is 9.97. The quantitative estimate of drug-likeness (QED) is 0.345. The number of piperazine rings is 1. The van der Waals surface area contributed by atoms with Crippen molar-refractivity contribution < 1.29 is 9.53 Å². The fraction of sp³-hybridized carbons (Fsp3) is 0.355. The van der Waals surface area contributed by atoms with Gasteiger partial charge in [-0.3, -0.25) is 9.69 Å². The predicted molar refractivity (Wildman–Crippen MR) is 157 cm³/mol. The molecule has 1 saturated heterocycles. The maximum Gasteiger partial charge on any atom is 0.244 e. The second kappa shape index (κ2) is 12.0. The molecule has 2 N–H and O–H groups in total. The van der Waals surface area contributed by atoms with Crippen molar-refractivity contribution >= 4 is 16.9 Å². The Labute approximate surface area is 230 Å². The van der Waals surface area contributed by atoms with Crippen LogP contribution in [0.1, 0.15) is 11.6 Å². The number of hydrogen-bond acceptors (Lipinski definition) is 6. The van der Waals surface area contributed by atoms with Crippen molar-refractivity contribution in [3.63, 3.8) is 0 Å². The van der Waals surface area contributed by atoms with E-state index in [1.807, 2.05) is 56.6 Å². The van der Waals surface area contributed by atoms with Crippen LogP contribution in [0, 0.1) is 0 Å². The highest BCUT2D eigenvalue weighted by Crippen LogP contribution is 2.36. The van der Waals surface area contributed by atoms with Gasteiger partial charge in [0.1, 0.15) is 17.4 Å². The van der Waals surface area contributed by atoms with Crippen LogP contribution in [0.2, 0.25) is 0 Å². The number of carbonyl (C=O) groups excluding carboxylic acids is 1. The molecule has 4 aromatic rings. The Morgan fingerprint density at radius 3 is 2.56 bits per heavy atom. The fourth-order valence-electron chi connectivity index (χ4n) is 5.26. The zero-order valence-corrected chi connectivity index (χ0v) is 23.3. The Bertz CT molecular complexity index is 1430. The molecule has 1 amide bonds. The summed E-state index contributed by atoms with van der Waals surface area (Å²) in [6.07, 6.45) is 3.88. The van der Waals surface area contributed by atoms with Gasteiger partial charge in [0.15, 0.2) is 0 Å². The number of pyridine rings is 1. The number of rotatable bonds is 9. The number of likely N-dealkylation sites (N-methyl/N-ethyl adjacent to an activating group) is 2. The lowest BCUT2D eigenvalue weighted by Crippen LogP contribution is -2.50. The molecule has 0 spiro atoms. The van der Waals surface area contributed by atoms with Crippen LogP contribution in [0.5, 0.6) is 5.75 Å². The van der Waals surface area contributed by atoms with Crippen LogP contribution in [0.25, 0.3) is 33.3 Å². The van der Waals surface area contributed by atoms with Crippen molar-refractivity contribution in [1.29, 1.82) is 0 Å². The van der Waals surface area contributed by atoms with E-state index in [1.165, 1.54) is 0 Å². The second-order valence-electron chi connectivity index (χ2n) is 10.4. The van der Waals surface area contributed by atoms with Crippen LogP contribution in [0.4, 0.5) is 0 Å². The van der Waals surface area contributed by atoms with Crippen LogP contribution in [-0.2, 0) is 4.79 Å². The number of carbonyl (C=O) groups is 1. The third kappa shape index (κ3) is 5.83.